The van der Waals surface area contributed by atoms with E-state index in [0.717, 1.165) is 0 Å². The Kier molecular flexibility index (Phi) is 13.9. The summed E-state index contributed by atoms with van der Waals surface area (Å²) < 4.78 is 0. The van der Waals surface area contributed by atoms with E-state index in [-0.39, 0.29) is 31.2 Å². The number of aliphatic hydroxyl groups excluding tert-OH is 1. The molecule has 1 atom stereocenters. The van der Waals surface area contributed by atoms with Crippen molar-refractivity contribution in [1.29, 1.82) is 0 Å². The second-order valence-corrected chi connectivity index (χ2v) is 3.13. The minimum Gasteiger partial charge on any atom is -0.479 e. The van der Waals surface area contributed by atoms with Gasteiger partial charge in [0.1, 0.15) is 0 Å². The highest BCUT2D eigenvalue weighted by atomic mass is 35.5. The van der Waals surface area contributed by atoms with Gasteiger partial charge in [-0.15, -0.1) is 24.8 Å². The fraction of sp³-hybridized carbons (Fsp3) is 0.750. The van der Waals surface area contributed by atoms with Gasteiger partial charge in [-0.2, -0.15) is 0 Å². The Morgan fingerprint density at radius 1 is 1.44 bits per heavy atom. The van der Waals surface area contributed by atoms with Crippen LogP contribution < -0.4 is 5.73 Å². The number of guanidine groups is 1. The lowest BCUT2D eigenvalue weighted by molar-refractivity contribution is -0.146. The van der Waals surface area contributed by atoms with Crippen LogP contribution in [0.4, 0.5) is 0 Å². The normalized spacial score (nSPS) is 12.1. The molecule has 0 aromatic rings. The maximum atomic E-state index is 10.2. The van der Waals surface area contributed by atoms with Crippen molar-refractivity contribution in [2.75, 3.05) is 20.6 Å². The van der Waals surface area contributed by atoms with Gasteiger partial charge in [-0.05, 0) is 12.8 Å². The quantitative estimate of drug-likeness (QED) is 0.371. The van der Waals surface area contributed by atoms with Gasteiger partial charge in [0.15, 0.2) is 12.1 Å². The summed E-state index contributed by atoms with van der Waals surface area (Å²) >= 11 is 0. The van der Waals surface area contributed by atoms with Crippen molar-refractivity contribution in [3.8, 4) is 0 Å². The van der Waals surface area contributed by atoms with Gasteiger partial charge < -0.3 is 20.8 Å². The third-order valence-electron chi connectivity index (χ3n) is 1.65. The highest BCUT2D eigenvalue weighted by Gasteiger charge is 2.11. The molecule has 0 aliphatic heterocycles. The number of aliphatic hydroxyl groups is 1. The molecule has 0 unspecified atom stereocenters. The number of carboxylic acids is 1. The molecule has 6 nitrogen and oxygen atoms in total. The molecule has 0 heterocycles. The van der Waals surface area contributed by atoms with E-state index in [1.54, 1.807) is 19.0 Å². The van der Waals surface area contributed by atoms with Gasteiger partial charge in [-0.3, -0.25) is 4.99 Å². The van der Waals surface area contributed by atoms with Crippen LogP contribution in [0.15, 0.2) is 4.99 Å². The summed E-state index contributed by atoms with van der Waals surface area (Å²) in [5.41, 5.74) is 5.49. The maximum Gasteiger partial charge on any atom is 0.332 e. The first-order chi connectivity index (χ1) is 6.45. The second-order valence-electron chi connectivity index (χ2n) is 3.13. The number of rotatable bonds is 5. The summed E-state index contributed by atoms with van der Waals surface area (Å²) in [7, 11) is 3.54. The van der Waals surface area contributed by atoms with Crippen molar-refractivity contribution in [2.24, 2.45) is 10.7 Å². The predicted molar refractivity (Wildman–Crippen MR) is 67.5 cm³/mol. The van der Waals surface area contributed by atoms with Crippen LogP contribution in [0.2, 0.25) is 0 Å². The Balaban J connectivity index is -0.000000845. The van der Waals surface area contributed by atoms with E-state index in [1.165, 1.54) is 0 Å². The SMILES string of the molecule is CN(C)C(N)=NCCC[C@H](O)C(=O)O.Cl.Cl. The first-order valence-electron chi connectivity index (χ1n) is 4.33. The highest BCUT2D eigenvalue weighted by Crippen LogP contribution is 1.97. The van der Waals surface area contributed by atoms with Gasteiger partial charge in [0.2, 0.25) is 0 Å². The standard InChI is InChI=1S/C8H17N3O3.2ClH/c1-11(2)8(9)10-5-3-4-6(12)7(13)14;;/h6,12H,3-5H2,1-2H3,(H2,9,10)(H,13,14);2*1H/t6-;;/m0../s1. The third-order valence-corrected chi connectivity index (χ3v) is 1.65. The number of hydrogen-bond donors (Lipinski definition) is 3. The molecule has 0 aromatic heterocycles. The summed E-state index contributed by atoms with van der Waals surface area (Å²) in [6.45, 7) is 0.425. The lowest BCUT2D eigenvalue weighted by Crippen LogP contribution is -2.30. The molecule has 0 spiro atoms. The molecule has 0 rings (SSSR count). The number of hydrogen-bond acceptors (Lipinski definition) is 3. The van der Waals surface area contributed by atoms with Gasteiger partial charge >= 0.3 is 5.97 Å². The summed E-state index contributed by atoms with van der Waals surface area (Å²) in [5, 5.41) is 17.3. The van der Waals surface area contributed by atoms with Crippen LogP contribution in [0, 0.1) is 0 Å². The molecule has 0 radical (unpaired) electrons. The Bertz CT molecular complexity index is 225. The lowest BCUT2D eigenvalue weighted by Gasteiger charge is -2.10. The molecular weight excluding hydrogens is 257 g/mol. The number of nitrogens with two attached hydrogens (primary N) is 1. The molecular formula is C8H19Cl2N3O3. The smallest absolute Gasteiger partial charge is 0.332 e. The Hall–Kier alpha value is -0.720. The average Bonchev–Trinajstić information content (AvgIpc) is 2.11. The van der Waals surface area contributed by atoms with Gasteiger partial charge in [0.05, 0.1) is 0 Å². The molecule has 4 N–H and O–H groups in total. The molecule has 8 heteroatoms. The summed E-state index contributed by atoms with van der Waals surface area (Å²) in [5.74, 6) is -0.802. The number of carbonyl (C=O) groups is 1. The predicted octanol–water partition coefficient (Wildman–Crippen LogP) is -0.0680. The largest absolute Gasteiger partial charge is 0.479 e. The van der Waals surface area contributed by atoms with Crippen molar-refractivity contribution >= 4 is 36.7 Å². The molecule has 0 amide bonds. The van der Waals surface area contributed by atoms with Gasteiger partial charge in [0, 0.05) is 20.6 Å². The first kappa shape index (κ1) is 20.7. The molecule has 98 valence electrons. The average molecular weight is 276 g/mol. The van der Waals surface area contributed by atoms with Crippen LogP contribution in [0.25, 0.3) is 0 Å². The third kappa shape index (κ3) is 9.82. The zero-order chi connectivity index (χ0) is 11.1. The van der Waals surface area contributed by atoms with E-state index >= 15 is 0 Å². The van der Waals surface area contributed by atoms with Crippen LogP contribution in [0.3, 0.4) is 0 Å². The topological polar surface area (TPSA) is 99.1 Å². The van der Waals surface area contributed by atoms with Crippen LogP contribution in [0.1, 0.15) is 12.8 Å². The highest BCUT2D eigenvalue weighted by molar-refractivity contribution is 5.85. The summed E-state index contributed by atoms with van der Waals surface area (Å²) in [4.78, 5) is 15.8. The number of halogens is 2. The molecule has 0 saturated heterocycles. The van der Waals surface area contributed by atoms with Crippen molar-refractivity contribution in [3.63, 3.8) is 0 Å². The first-order valence-corrected chi connectivity index (χ1v) is 4.33. The van der Waals surface area contributed by atoms with Crippen LogP contribution in [-0.4, -0.2) is 53.8 Å². The van der Waals surface area contributed by atoms with Crippen LogP contribution >= 0.6 is 24.8 Å². The molecule has 0 saturated carbocycles. The number of nitrogens with zero attached hydrogens (tertiary/aromatic N) is 2. The maximum absolute atomic E-state index is 10.2. The van der Waals surface area contributed by atoms with E-state index in [1.807, 2.05) is 0 Å². The van der Waals surface area contributed by atoms with Crippen LogP contribution in [0.5, 0.6) is 0 Å². The Labute approximate surface area is 107 Å². The van der Waals surface area contributed by atoms with E-state index < -0.39 is 12.1 Å². The van der Waals surface area contributed by atoms with E-state index in [4.69, 9.17) is 15.9 Å². The Morgan fingerprint density at radius 2 is 1.94 bits per heavy atom. The minimum atomic E-state index is -1.30. The van der Waals surface area contributed by atoms with Crippen LogP contribution in [-0.2, 0) is 4.79 Å². The second kappa shape index (κ2) is 10.8. The molecule has 0 aliphatic rings. The molecule has 0 fully saturated rings. The monoisotopic (exact) mass is 275 g/mol. The zero-order valence-corrected chi connectivity index (χ0v) is 10.9. The van der Waals surface area contributed by atoms with Crippen molar-refractivity contribution < 1.29 is 15.0 Å². The molecule has 0 aliphatic carbocycles. The number of aliphatic carboxylic acids is 1. The number of carboxylic acid groups (broad SMARTS) is 1. The van der Waals surface area contributed by atoms with Gasteiger partial charge in [-0.25, -0.2) is 4.79 Å². The molecule has 0 aromatic carbocycles. The molecule has 0 bridgehead atoms. The molecule has 16 heavy (non-hydrogen) atoms. The van der Waals surface area contributed by atoms with Crippen molar-refractivity contribution in [1.82, 2.24) is 4.90 Å². The zero-order valence-electron chi connectivity index (χ0n) is 9.29. The number of aliphatic imine (C=N–C) groups is 1. The van der Waals surface area contributed by atoms with Gasteiger partial charge in [-0.1, -0.05) is 0 Å². The van der Waals surface area contributed by atoms with Crippen molar-refractivity contribution in [2.45, 2.75) is 18.9 Å². The van der Waals surface area contributed by atoms with E-state index in [0.29, 0.717) is 18.9 Å². The van der Waals surface area contributed by atoms with E-state index in [2.05, 4.69) is 4.99 Å². The fourth-order valence-electron chi connectivity index (χ4n) is 0.743. The Morgan fingerprint density at radius 3 is 2.31 bits per heavy atom. The van der Waals surface area contributed by atoms with Gasteiger partial charge in [0.25, 0.3) is 0 Å². The van der Waals surface area contributed by atoms with E-state index in [9.17, 15) is 4.79 Å². The fourth-order valence-corrected chi connectivity index (χ4v) is 0.743. The minimum absolute atomic E-state index is 0. The summed E-state index contributed by atoms with van der Waals surface area (Å²) in [6.07, 6.45) is -0.604. The lowest BCUT2D eigenvalue weighted by atomic mass is 10.2. The van der Waals surface area contributed by atoms with Crippen molar-refractivity contribution in [3.05, 3.63) is 0 Å². The summed E-state index contributed by atoms with van der Waals surface area (Å²) in [6, 6.07) is 0.